The van der Waals surface area contributed by atoms with Crippen molar-refractivity contribution in [3.05, 3.63) is 65.2 Å². The van der Waals surface area contributed by atoms with Gasteiger partial charge in [0.2, 0.25) is 0 Å². The average Bonchev–Trinajstić information content (AvgIpc) is 2.60. The molecule has 6 heteroatoms. The Bertz CT molecular complexity index is 814. The van der Waals surface area contributed by atoms with Crippen molar-refractivity contribution in [3.8, 4) is 12.1 Å². The van der Waals surface area contributed by atoms with Crippen LogP contribution in [0.1, 0.15) is 21.5 Å². The molecule has 0 saturated heterocycles. The third-order valence-corrected chi connectivity index (χ3v) is 2.91. The molecular formula is C17H11N3O3. The zero-order valence-corrected chi connectivity index (χ0v) is 11.9. The average molecular weight is 305 g/mol. The molecule has 0 fully saturated rings. The van der Waals surface area contributed by atoms with Crippen LogP contribution >= 0.6 is 0 Å². The quantitative estimate of drug-likeness (QED) is 0.872. The summed E-state index contributed by atoms with van der Waals surface area (Å²) in [7, 11) is 0. The number of amides is 1. The maximum atomic E-state index is 11.8. The Hall–Kier alpha value is -3.64. The summed E-state index contributed by atoms with van der Waals surface area (Å²) >= 11 is 0. The molecule has 0 radical (unpaired) electrons. The van der Waals surface area contributed by atoms with E-state index in [-0.39, 0.29) is 5.56 Å². The van der Waals surface area contributed by atoms with Gasteiger partial charge in [-0.25, -0.2) is 4.79 Å². The minimum atomic E-state index is -0.668. The first-order valence-corrected chi connectivity index (χ1v) is 6.60. The first kappa shape index (κ1) is 15.7. The summed E-state index contributed by atoms with van der Waals surface area (Å²) in [5.74, 6) is -1.21. The number of esters is 1. The van der Waals surface area contributed by atoms with Crippen LogP contribution in [0.2, 0.25) is 0 Å². The SMILES string of the molecule is N#Cc1ccc(C(=O)OCC(=O)Nc2ccccc2C#N)cc1. The zero-order chi connectivity index (χ0) is 16.7. The van der Waals surface area contributed by atoms with Gasteiger partial charge in [0.15, 0.2) is 6.61 Å². The standard InChI is InChI=1S/C17H11N3O3/c18-9-12-5-7-13(8-6-12)17(22)23-11-16(21)20-15-4-2-1-3-14(15)10-19/h1-8H,11H2,(H,20,21). The summed E-state index contributed by atoms with van der Waals surface area (Å²) in [6.45, 7) is -0.474. The van der Waals surface area contributed by atoms with Gasteiger partial charge in [0.25, 0.3) is 5.91 Å². The predicted molar refractivity (Wildman–Crippen MR) is 81.2 cm³/mol. The second-order valence-corrected chi connectivity index (χ2v) is 4.47. The van der Waals surface area contributed by atoms with Crippen LogP contribution in [-0.4, -0.2) is 18.5 Å². The van der Waals surface area contributed by atoms with Crippen molar-refractivity contribution in [2.75, 3.05) is 11.9 Å². The number of hydrogen-bond donors (Lipinski definition) is 1. The molecule has 112 valence electrons. The summed E-state index contributed by atoms with van der Waals surface area (Å²) in [6.07, 6.45) is 0. The van der Waals surface area contributed by atoms with Gasteiger partial charge in [-0.1, -0.05) is 12.1 Å². The lowest BCUT2D eigenvalue weighted by molar-refractivity contribution is -0.119. The molecule has 2 aromatic carbocycles. The number of benzene rings is 2. The highest BCUT2D eigenvalue weighted by Crippen LogP contribution is 2.13. The summed E-state index contributed by atoms with van der Waals surface area (Å²) in [5, 5.41) is 20.1. The van der Waals surface area contributed by atoms with Crippen molar-refractivity contribution < 1.29 is 14.3 Å². The maximum Gasteiger partial charge on any atom is 0.338 e. The van der Waals surface area contributed by atoms with E-state index in [2.05, 4.69) is 5.32 Å². The molecule has 0 spiro atoms. The number of nitrogens with one attached hydrogen (secondary N) is 1. The van der Waals surface area contributed by atoms with Gasteiger partial charge in [-0.05, 0) is 36.4 Å². The second-order valence-electron chi connectivity index (χ2n) is 4.47. The fourth-order valence-corrected chi connectivity index (χ4v) is 1.77. The van der Waals surface area contributed by atoms with Gasteiger partial charge >= 0.3 is 5.97 Å². The number of hydrogen-bond acceptors (Lipinski definition) is 5. The molecule has 0 saturated carbocycles. The zero-order valence-electron chi connectivity index (χ0n) is 11.9. The number of carbonyl (C=O) groups is 2. The number of ether oxygens (including phenoxy) is 1. The van der Waals surface area contributed by atoms with Crippen molar-refractivity contribution in [2.45, 2.75) is 0 Å². The Balaban J connectivity index is 1.92. The van der Waals surface area contributed by atoms with Gasteiger partial charge in [-0.2, -0.15) is 10.5 Å². The lowest BCUT2D eigenvalue weighted by Gasteiger charge is -2.07. The van der Waals surface area contributed by atoms with E-state index < -0.39 is 18.5 Å². The molecule has 0 atom stereocenters. The van der Waals surface area contributed by atoms with Crippen LogP contribution in [0.4, 0.5) is 5.69 Å². The van der Waals surface area contributed by atoms with E-state index in [1.807, 2.05) is 12.1 Å². The Morgan fingerprint density at radius 1 is 1.00 bits per heavy atom. The molecule has 0 aliphatic heterocycles. The molecule has 2 rings (SSSR count). The minimum Gasteiger partial charge on any atom is -0.452 e. The molecule has 23 heavy (non-hydrogen) atoms. The minimum absolute atomic E-state index is 0.245. The van der Waals surface area contributed by atoms with Gasteiger partial charge in [0.05, 0.1) is 28.4 Å². The number of nitriles is 2. The topological polar surface area (TPSA) is 103 Å². The first-order chi connectivity index (χ1) is 11.1. The fraction of sp³-hybridized carbons (Fsp3) is 0.0588. The van der Waals surface area contributed by atoms with Crippen LogP contribution in [0.15, 0.2) is 48.5 Å². The van der Waals surface area contributed by atoms with Crippen molar-refractivity contribution in [1.82, 2.24) is 0 Å². The lowest BCUT2D eigenvalue weighted by Crippen LogP contribution is -2.21. The van der Waals surface area contributed by atoms with E-state index in [4.69, 9.17) is 15.3 Å². The van der Waals surface area contributed by atoms with Crippen LogP contribution in [0.25, 0.3) is 0 Å². The summed E-state index contributed by atoms with van der Waals surface area (Å²) in [5.41, 5.74) is 1.34. The van der Waals surface area contributed by atoms with E-state index in [0.29, 0.717) is 16.8 Å². The van der Waals surface area contributed by atoms with E-state index in [9.17, 15) is 9.59 Å². The summed E-state index contributed by atoms with van der Waals surface area (Å²) < 4.78 is 4.89. The van der Waals surface area contributed by atoms with Crippen LogP contribution < -0.4 is 5.32 Å². The number of nitrogens with zero attached hydrogens (tertiary/aromatic N) is 2. The van der Waals surface area contributed by atoms with Gasteiger partial charge in [0.1, 0.15) is 6.07 Å². The van der Waals surface area contributed by atoms with E-state index >= 15 is 0 Å². The molecular weight excluding hydrogens is 294 g/mol. The highest BCUT2D eigenvalue weighted by molar-refractivity contribution is 5.96. The molecule has 0 aromatic heterocycles. The maximum absolute atomic E-state index is 11.8. The van der Waals surface area contributed by atoms with Gasteiger partial charge in [-0.15, -0.1) is 0 Å². The lowest BCUT2D eigenvalue weighted by atomic mass is 10.1. The van der Waals surface area contributed by atoms with Crippen molar-refractivity contribution >= 4 is 17.6 Å². The number of para-hydroxylation sites is 1. The molecule has 0 bridgehead atoms. The number of carbonyl (C=O) groups excluding carboxylic acids is 2. The monoisotopic (exact) mass is 305 g/mol. The first-order valence-electron chi connectivity index (χ1n) is 6.60. The van der Waals surface area contributed by atoms with Crippen LogP contribution in [0.5, 0.6) is 0 Å². The largest absolute Gasteiger partial charge is 0.452 e. The Labute approximate surface area is 132 Å². The Morgan fingerprint density at radius 3 is 2.35 bits per heavy atom. The molecule has 0 unspecified atom stereocenters. The predicted octanol–water partition coefficient (Wildman–Crippen LogP) is 2.23. The second kappa shape index (κ2) is 7.39. The molecule has 6 nitrogen and oxygen atoms in total. The number of rotatable bonds is 4. The third-order valence-electron chi connectivity index (χ3n) is 2.91. The molecule has 0 aliphatic carbocycles. The molecule has 2 aromatic rings. The van der Waals surface area contributed by atoms with Crippen molar-refractivity contribution in [3.63, 3.8) is 0 Å². The van der Waals surface area contributed by atoms with Crippen LogP contribution in [0, 0.1) is 22.7 Å². The Morgan fingerprint density at radius 2 is 1.70 bits per heavy atom. The van der Waals surface area contributed by atoms with Crippen LogP contribution in [-0.2, 0) is 9.53 Å². The summed E-state index contributed by atoms with van der Waals surface area (Å²) in [4.78, 5) is 23.6. The fourth-order valence-electron chi connectivity index (χ4n) is 1.77. The number of anilines is 1. The normalized spacial score (nSPS) is 9.30. The van der Waals surface area contributed by atoms with E-state index in [0.717, 1.165) is 0 Å². The Kier molecular flexibility index (Phi) is 5.06. The highest BCUT2D eigenvalue weighted by Gasteiger charge is 2.11. The van der Waals surface area contributed by atoms with Gasteiger partial charge < -0.3 is 10.1 Å². The van der Waals surface area contributed by atoms with Crippen molar-refractivity contribution in [1.29, 1.82) is 10.5 Å². The third kappa shape index (κ3) is 4.16. The molecule has 1 amide bonds. The van der Waals surface area contributed by atoms with Gasteiger partial charge in [0, 0.05) is 0 Å². The molecule has 1 N–H and O–H groups in total. The molecule has 0 aliphatic rings. The highest BCUT2D eigenvalue weighted by atomic mass is 16.5. The van der Waals surface area contributed by atoms with Crippen molar-refractivity contribution in [2.24, 2.45) is 0 Å². The summed E-state index contributed by atoms with van der Waals surface area (Å²) in [6, 6.07) is 16.3. The van der Waals surface area contributed by atoms with Crippen LogP contribution in [0.3, 0.4) is 0 Å². The van der Waals surface area contributed by atoms with Gasteiger partial charge in [-0.3, -0.25) is 4.79 Å². The smallest absolute Gasteiger partial charge is 0.338 e. The molecule has 0 heterocycles. The van der Waals surface area contributed by atoms with E-state index in [1.54, 1.807) is 24.3 Å². The van der Waals surface area contributed by atoms with E-state index in [1.165, 1.54) is 24.3 Å².